The van der Waals surface area contributed by atoms with Crippen molar-refractivity contribution in [3.05, 3.63) is 81.4 Å². The Morgan fingerprint density at radius 3 is 2.37 bits per heavy atom. The number of hydrogen-bond donors (Lipinski definition) is 1. The first-order valence-electron chi connectivity index (χ1n) is 7.32. The third kappa shape index (κ3) is 5.80. The van der Waals surface area contributed by atoms with Crippen molar-refractivity contribution in [1.29, 1.82) is 0 Å². The van der Waals surface area contributed by atoms with Crippen molar-refractivity contribution in [2.45, 2.75) is 11.1 Å². The van der Waals surface area contributed by atoms with Crippen molar-refractivity contribution in [2.24, 2.45) is 0 Å². The Balaban J connectivity index is 1.92. The summed E-state index contributed by atoms with van der Waals surface area (Å²) in [6.07, 6.45) is -0.816. The molecular weight excluding hydrogens is 378 g/mol. The molecule has 11 heteroatoms. The summed E-state index contributed by atoms with van der Waals surface area (Å²) < 4.78 is 12.6. The Morgan fingerprint density at radius 1 is 1.11 bits per heavy atom. The van der Waals surface area contributed by atoms with Gasteiger partial charge in [-0.15, -0.1) is 0 Å². The lowest BCUT2D eigenvalue weighted by atomic mass is 10.3. The Bertz CT molecular complexity index is 857. The predicted molar refractivity (Wildman–Crippen MR) is 96.3 cm³/mol. The standard InChI is InChI=1S/C16H13N3O7S/c1-2-15(17-27-14-6-4-3-5-13(14)19(23)24)26-16(20)25-12-9-7-11(8-10-12)18(21)22/h2-10,15,17H,1H2. The first-order chi connectivity index (χ1) is 12.9. The molecule has 0 heterocycles. The molecule has 0 aromatic heterocycles. The van der Waals surface area contributed by atoms with Crippen molar-refractivity contribution >= 4 is 29.5 Å². The first-order valence-corrected chi connectivity index (χ1v) is 8.13. The molecule has 1 atom stereocenters. The monoisotopic (exact) mass is 391 g/mol. The summed E-state index contributed by atoms with van der Waals surface area (Å²) in [6, 6.07) is 10.9. The van der Waals surface area contributed by atoms with Crippen molar-refractivity contribution in [3.8, 4) is 5.75 Å². The largest absolute Gasteiger partial charge is 0.515 e. The van der Waals surface area contributed by atoms with E-state index < -0.39 is 22.2 Å². The molecule has 0 aliphatic rings. The fraction of sp³-hybridized carbons (Fsp3) is 0.0625. The van der Waals surface area contributed by atoms with E-state index in [2.05, 4.69) is 11.3 Å². The molecule has 0 fully saturated rings. The molecule has 0 aliphatic carbocycles. The van der Waals surface area contributed by atoms with E-state index in [-0.39, 0.29) is 17.1 Å². The molecular formula is C16H13N3O7S. The SMILES string of the molecule is C=CC(NSc1ccccc1[N+](=O)[O-])OC(=O)Oc1ccc([N+](=O)[O-])cc1. The minimum Gasteiger partial charge on any atom is -0.410 e. The summed E-state index contributed by atoms with van der Waals surface area (Å²) >= 11 is 0.891. The molecule has 2 aromatic carbocycles. The number of nitrogens with zero attached hydrogens (tertiary/aromatic N) is 2. The summed E-state index contributed by atoms with van der Waals surface area (Å²) in [7, 11) is 0. The van der Waals surface area contributed by atoms with Gasteiger partial charge in [0.1, 0.15) is 10.6 Å². The Labute approximate surface area is 157 Å². The molecule has 0 saturated carbocycles. The third-order valence-electron chi connectivity index (χ3n) is 3.03. The number of ether oxygens (including phenoxy) is 2. The van der Waals surface area contributed by atoms with Gasteiger partial charge in [-0.05, 0) is 36.2 Å². The van der Waals surface area contributed by atoms with Crippen LogP contribution in [0, 0.1) is 20.2 Å². The number of carbonyl (C=O) groups is 1. The van der Waals surface area contributed by atoms with Crippen LogP contribution in [0.15, 0.2) is 66.1 Å². The Morgan fingerprint density at radius 2 is 1.78 bits per heavy atom. The maximum Gasteiger partial charge on any atom is 0.515 e. The number of nitro groups is 2. The summed E-state index contributed by atoms with van der Waals surface area (Å²) in [5.74, 6) is 0.0553. The van der Waals surface area contributed by atoms with Gasteiger partial charge in [0.05, 0.1) is 9.85 Å². The normalized spacial score (nSPS) is 11.3. The second-order valence-electron chi connectivity index (χ2n) is 4.82. The predicted octanol–water partition coefficient (Wildman–Crippen LogP) is 3.83. The number of nitro benzene ring substituents is 2. The molecule has 0 bridgehead atoms. The second-order valence-corrected chi connectivity index (χ2v) is 5.70. The van der Waals surface area contributed by atoms with Gasteiger partial charge < -0.3 is 9.47 Å². The lowest BCUT2D eigenvalue weighted by molar-refractivity contribution is -0.387. The van der Waals surface area contributed by atoms with Gasteiger partial charge in [0.25, 0.3) is 11.4 Å². The van der Waals surface area contributed by atoms with Crippen LogP contribution in [0.3, 0.4) is 0 Å². The molecule has 0 amide bonds. The van der Waals surface area contributed by atoms with E-state index in [1.807, 2.05) is 0 Å². The van der Waals surface area contributed by atoms with Crippen LogP contribution in [0.2, 0.25) is 0 Å². The smallest absolute Gasteiger partial charge is 0.410 e. The van der Waals surface area contributed by atoms with Crippen LogP contribution in [0.1, 0.15) is 0 Å². The minimum atomic E-state index is -1.08. The van der Waals surface area contributed by atoms with E-state index in [1.165, 1.54) is 48.5 Å². The Hall–Kier alpha value is -3.44. The summed E-state index contributed by atoms with van der Waals surface area (Å²) in [6.45, 7) is 3.50. The fourth-order valence-electron chi connectivity index (χ4n) is 1.80. The number of non-ortho nitro benzene ring substituents is 1. The van der Waals surface area contributed by atoms with Gasteiger partial charge in [-0.1, -0.05) is 18.7 Å². The molecule has 1 N–H and O–H groups in total. The zero-order chi connectivity index (χ0) is 19.8. The van der Waals surface area contributed by atoms with Gasteiger partial charge in [0.2, 0.25) is 0 Å². The molecule has 1 unspecified atom stereocenters. The average Bonchev–Trinajstić information content (AvgIpc) is 2.65. The molecule has 2 aromatic rings. The number of para-hydroxylation sites is 1. The Kier molecular flexibility index (Phi) is 6.86. The van der Waals surface area contributed by atoms with Gasteiger partial charge in [0.15, 0.2) is 6.23 Å². The zero-order valence-electron chi connectivity index (χ0n) is 13.6. The highest BCUT2D eigenvalue weighted by molar-refractivity contribution is 7.97. The topological polar surface area (TPSA) is 134 Å². The molecule has 0 saturated heterocycles. The van der Waals surface area contributed by atoms with E-state index in [4.69, 9.17) is 9.47 Å². The average molecular weight is 391 g/mol. The molecule has 0 aliphatic heterocycles. The molecule has 2 rings (SSSR count). The number of nitrogens with one attached hydrogen (secondary N) is 1. The van der Waals surface area contributed by atoms with Crippen LogP contribution in [-0.4, -0.2) is 22.2 Å². The van der Waals surface area contributed by atoms with E-state index in [1.54, 1.807) is 6.07 Å². The number of carbonyl (C=O) groups excluding carboxylic acids is 1. The van der Waals surface area contributed by atoms with Crippen molar-refractivity contribution < 1.29 is 24.1 Å². The third-order valence-corrected chi connectivity index (χ3v) is 3.95. The highest BCUT2D eigenvalue weighted by Gasteiger charge is 2.17. The quantitative estimate of drug-likeness (QED) is 0.135. The summed E-state index contributed by atoms with van der Waals surface area (Å²) in [5.41, 5.74) is -0.256. The molecule has 0 spiro atoms. The van der Waals surface area contributed by atoms with Gasteiger partial charge in [-0.3, -0.25) is 20.2 Å². The maximum absolute atomic E-state index is 11.8. The summed E-state index contributed by atoms with van der Waals surface area (Å²) in [5, 5.41) is 21.6. The van der Waals surface area contributed by atoms with Gasteiger partial charge in [0, 0.05) is 18.2 Å². The second kappa shape index (κ2) is 9.31. The van der Waals surface area contributed by atoms with Gasteiger partial charge in [-0.25, -0.2) is 9.52 Å². The molecule has 140 valence electrons. The lowest BCUT2D eigenvalue weighted by Crippen LogP contribution is -2.28. The van der Waals surface area contributed by atoms with E-state index in [9.17, 15) is 25.0 Å². The van der Waals surface area contributed by atoms with Crippen molar-refractivity contribution in [1.82, 2.24) is 4.72 Å². The van der Waals surface area contributed by atoms with Crippen molar-refractivity contribution in [2.75, 3.05) is 0 Å². The van der Waals surface area contributed by atoms with Crippen LogP contribution in [0.25, 0.3) is 0 Å². The van der Waals surface area contributed by atoms with Crippen LogP contribution in [-0.2, 0) is 4.74 Å². The van der Waals surface area contributed by atoms with E-state index in [0.717, 1.165) is 11.9 Å². The number of benzene rings is 2. The highest BCUT2D eigenvalue weighted by Crippen LogP contribution is 2.27. The van der Waals surface area contributed by atoms with Gasteiger partial charge >= 0.3 is 6.16 Å². The number of rotatable bonds is 8. The number of hydrogen-bond acceptors (Lipinski definition) is 9. The van der Waals surface area contributed by atoms with E-state index >= 15 is 0 Å². The fourth-order valence-corrected chi connectivity index (χ4v) is 2.58. The van der Waals surface area contributed by atoms with E-state index in [0.29, 0.717) is 4.90 Å². The van der Waals surface area contributed by atoms with Crippen molar-refractivity contribution in [3.63, 3.8) is 0 Å². The lowest BCUT2D eigenvalue weighted by Gasteiger charge is -2.14. The maximum atomic E-state index is 11.8. The van der Waals surface area contributed by atoms with Crippen LogP contribution in [0.5, 0.6) is 5.75 Å². The molecule has 27 heavy (non-hydrogen) atoms. The highest BCUT2D eigenvalue weighted by atomic mass is 32.2. The zero-order valence-corrected chi connectivity index (χ0v) is 14.5. The van der Waals surface area contributed by atoms with Gasteiger partial charge in [-0.2, -0.15) is 0 Å². The summed E-state index contributed by atoms with van der Waals surface area (Å²) in [4.78, 5) is 32.6. The molecule has 10 nitrogen and oxygen atoms in total. The first kappa shape index (κ1) is 19.9. The van der Waals surface area contributed by atoms with Crippen LogP contribution < -0.4 is 9.46 Å². The van der Waals surface area contributed by atoms with Crippen LogP contribution in [0.4, 0.5) is 16.2 Å². The van der Waals surface area contributed by atoms with Crippen LogP contribution >= 0.6 is 11.9 Å². The molecule has 0 radical (unpaired) electrons. The minimum absolute atomic E-state index is 0.0553.